The molecule has 2 aromatic carbocycles. The number of ketones is 1. The standard InChI is InChI=1S/C23H18N2O2/c1-27-23-10-6-5-9-18(23)11-12-22(26)19-13-14-25-16-20(24-15-21(19)25)17-7-3-2-4-8-17/h2-16H,1H3/b12-11+. The van der Waals surface area contributed by atoms with Crippen molar-refractivity contribution in [3.05, 3.63) is 96.5 Å². The summed E-state index contributed by atoms with van der Waals surface area (Å²) in [6.45, 7) is 0. The highest BCUT2D eigenvalue weighted by Crippen LogP contribution is 2.22. The van der Waals surface area contributed by atoms with Crippen LogP contribution in [-0.2, 0) is 0 Å². The number of hydrogen-bond acceptors (Lipinski definition) is 3. The topological polar surface area (TPSA) is 43.6 Å². The minimum absolute atomic E-state index is 0.0716. The van der Waals surface area contributed by atoms with Crippen LogP contribution in [0.15, 0.2) is 85.3 Å². The van der Waals surface area contributed by atoms with Crippen LogP contribution in [-0.4, -0.2) is 22.3 Å². The third kappa shape index (κ3) is 3.37. The van der Waals surface area contributed by atoms with Gasteiger partial charge in [-0.1, -0.05) is 48.5 Å². The lowest BCUT2D eigenvalue weighted by Gasteiger charge is -2.04. The van der Waals surface area contributed by atoms with Gasteiger partial charge in [0.25, 0.3) is 0 Å². The highest BCUT2D eigenvalue weighted by Gasteiger charge is 2.10. The average molecular weight is 354 g/mol. The summed E-state index contributed by atoms with van der Waals surface area (Å²) in [6, 6.07) is 19.4. The lowest BCUT2D eigenvalue weighted by Crippen LogP contribution is -1.96. The van der Waals surface area contributed by atoms with Crippen molar-refractivity contribution in [1.29, 1.82) is 0 Å². The molecule has 0 saturated heterocycles. The molecule has 0 radical (unpaired) electrons. The molecule has 0 atom stereocenters. The van der Waals surface area contributed by atoms with Crippen LogP contribution in [0.1, 0.15) is 15.9 Å². The van der Waals surface area contributed by atoms with Gasteiger partial charge >= 0.3 is 0 Å². The Bertz CT molecular complexity index is 1130. The second-order valence-corrected chi connectivity index (χ2v) is 6.10. The first kappa shape index (κ1) is 16.8. The Morgan fingerprint density at radius 3 is 2.63 bits per heavy atom. The van der Waals surface area contributed by atoms with Crippen LogP contribution >= 0.6 is 0 Å². The van der Waals surface area contributed by atoms with E-state index < -0.39 is 0 Å². The first-order valence-electron chi connectivity index (χ1n) is 8.64. The van der Waals surface area contributed by atoms with Crippen LogP contribution in [0.3, 0.4) is 0 Å². The van der Waals surface area contributed by atoms with E-state index in [9.17, 15) is 4.79 Å². The molecule has 2 heterocycles. The first-order chi connectivity index (χ1) is 13.3. The molecule has 0 saturated carbocycles. The van der Waals surface area contributed by atoms with Gasteiger partial charge in [0.1, 0.15) is 5.75 Å². The Balaban J connectivity index is 1.64. The normalized spacial score (nSPS) is 11.1. The van der Waals surface area contributed by atoms with E-state index in [-0.39, 0.29) is 5.78 Å². The molecular weight excluding hydrogens is 336 g/mol. The Morgan fingerprint density at radius 1 is 1.04 bits per heavy atom. The Labute approximate surface area is 157 Å². The van der Waals surface area contributed by atoms with Crippen LogP contribution in [0.25, 0.3) is 22.9 Å². The smallest absolute Gasteiger partial charge is 0.188 e. The summed E-state index contributed by atoms with van der Waals surface area (Å²) in [7, 11) is 1.62. The summed E-state index contributed by atoms with van der Waals surface area (Å²) < 4.78 is 7.25. The molecule has 0 aliphatic rings. The van der Waals surface area contributed by atoms with E-state index in [1.165, 1.54) is 0 Å². The number of nitrogens with zero attached hydrogens (tertiary/aromatic N) is 2. The number of benzene rings is 2. The Kier molecular flexibility index (Phi) is 4.54. The number of para-hydroxylation sites is 1. The number of aromatic nitrogens is 2. The third-order valence-electron chi connectivity index (χ3n) is 4.43. The van der Waals surface area contributed by atoms with E-state index in [1.54, 1.807) is 25.5 Å². The zero-order chi connectivity index (χ0) is 18.6. The van der Waals surface area contributed by atoms with E-state index in [2.05, 4.69) is 4.98 Å². The first-order valence-corrected chi connectivity index (χ1v) is 8.64. The summed E-state index contributed by atoms with van der Waals surface area (Å²) in [4.78, 5) is 17.2. The maximum Gasteiger partial charge on any atom is 0.188 e. The minimum Gasteiger partial charge on any atom is -0.496 e. The zero-order valence-corrected chi connectivity index (χ0v) is 14.9. The summed E-state index contributed by atoms with van der Waals surface area (Å²) in [6.07, 6.45) is 8.90. The number of ether oxygens (including phenoxy) is 1. The molecular formula is C23H18N2O2. The van der Waals surface area contributed by atoms with Gasteiger partial charge in [0.2, 0.25) is 0 Å². The van der Waals surface area contributed by atoms with Crippen molar-refractivity contribution in [2.75, 3.05) is 7.11 Å². The van der Waals surface area contributed by atoms with Gasteiger partial charge in [-0.2, -0.15) is 0 Å². The summed E-state index contributed by atoms with van der Waals surface area (Å²) in [5, 5.41) is 0. The molecule has 132 valence electrons. The molecule has 0 N–H and O–H groups in total. The molecule has 4 aromatic rings. The zero-order valence-electron chi connectivity index (χ0n) is 14.9. The largest absolute Gasteiger partial charge is 0.496 e. The van der Waals surface area contributed by atoms with Crippen LogP contribution in [0.5, 0.6) is 5.75 Å². The maximum atomic E-state index is 12.7. The van der Waals surface area contributed by atoms with E-state index in [4.69, 9.17) is 4.74 Å². The lowest BCUT2D eigenvalue weighted by atomic mass is 10.1. The molecule has 0 spiro atoms. The fraction of sp³-hybridized carbons (Fsp3) is 0.0435. The van der Waals surface area contributed by atoms with E-state index in [1.807, 2.05) is 77.5 Å². The maximum absolute atomic E-state index is 12.7. The van der Waals surface area contributed by atoms with E-state index in [0.717, 1.165) is 28.1 Å². The molecule has 0 unspecified atom stereocenters. The molecule has 0 aliphatic carbocycles. The van der Waals surface area contributed by atoms with Gasteiger partial charge < -0.3 is 9.14 Å². The number of fused-ring (bicyclic) bond motifs is 1. The lowest BCUT2D eigenvalue weighted by molar-refractivity contribution is 0.104. The van der Waals surface area contributed by atoms with Gasteiger partial charge in [0.15, 0.2) is 5.78 Å². The van der Waals surface area contributed by atoms with Gasteiger partial charge in [-0.3, -0.25) is 9.78 Å². The predicted molar refractivity (Wildman–Crippen MR) is 107 cm³/mol. The fourth-order valence-corrected chi connectivity index (χ4v) is 3.03. The molecule has 4 heteroatoms. The molecule has 0 amide bonds. The van der Waals surface area contributed by atoms with E-state index in [0.29, 0.717) is 5.56 Å². The summed E-state index contributed by atoms with van der Waals surface area (Å²) >= 11 is 0. The SMILES string of the molecule is COc1ccccc1/C=C/C(=O)c1ccn2cc(-c3ccccc3)ncc12. The quantitative estimate of drug-likeness (QED) is 0.378. The second-order valence-electron chi connectivity index (χ2n) is 6.10. The number of carbonyl (C=O) groups is 1. The van der Waals surface area contributed by atoms with Crippen molar-refractivity contribution < 1.29 is 9.53 Å². The molecule has 0 aliphatic heterocycles. The van der Waals surface area contributed by atoms with Crippen LogP contribution in [0, 0.1) is 0 Å². The summed E-state index contributed by atoms with van der Waals surface area (Å²) in [5.74, 6) is 0.662. The number of rotatable bonds is 5. The average Bonchev–Trinajstić information content (AvgIpc) is 3.16. The van der Waals surface area contributed by atoms with Gasteiger partial charge in [0, 0.05) is 29.1 Å². The number of allylic oxidation sites excluding steroid dienone is 1. The Morgan fingerprint density at radius 2 is 1.81 bits per heavy atom. The van der Waals surface area contributed by atoms with Crippen LogP contribution in [0.2, 0.25) is 0 Å². The Hall–Kier alpha value is -3.66. The molecule has 0 fully saturated rings. The molecule has 27 heavy (non-hydrogen) atoms. The van der Waals surface area contributed by atoms with Crippen molar-refractivity contribution >= 4 is 17.4 Å². The number of methoxy groups -OCH3 is 1. The minimum atomic E-state index is -0.0716. The van der Waals surface area contributed by atoms with Crippen molar-refractivity contribution in [1.82, 2.24) is 9.38 Å². The van der Waals surface area contributed by atoms with Crippen molar-refractivity contribution in [3.8, 4) is 17.0 Å². The molecule has 4 nitrogen and oxygen atoms in total. The van der Waals surface area contributed by atoms with Crippen LogP contribution < -0.4 is 4.74 Å². The monoisotopic (exact) mass is 354 g/mol. The number of hydrogen-bond donors (Lipinski definition) is 0. The molecule has 4 rings (SSSR count). The predicted octanol–water partition coefficient (Wildman–Crippen LogP) is 4.91. The highest BCUT2D eigenvalue weighted by molar-refractivity contribution is 6.11. The van der Waals surface area contributed by atoms with Gasteiger partial charge in [0.05, 0.1) is 24.5 Å². The third-order valence-corrected chi connectivity index (χ3v) is 4.43. The van der Waals surface area contributed by atoms with Crippen molar-refractivity contribution in [3.63, 3.8) is 0 Å². The van der Waals surface area contributed by atoms with Crippen molar-refractivity contribution in [2.24, 2.45) is 0 Å². The van der Waals surface area contributed by atoms with Crippen molar-refractivity contribution in [2.45, 2.75) is 0 Å². The van der Waals surface area contributed by atoms with Gasteiger partial charge in [-0.05, 0) is 24.3 Å². The highest BCUT2D eigenvalue weighted by atomic mass is 16.5. The van der Waals surface area contributed by atoms with Crippen LogP contribution in [0.4, 0.5) is 0 Å². The van der Waals surface area contributed by atoms with Gasteiger partial charge in [-0.15, -0.1) is 0 Å². The van der Waals surface area contributed by atoms with Gasteiger partial charge in [-0.25, -0.2) is 0 Å². The molecule has 2 aromatic heterocycles. The van der Waals surface area contributed by atoms with E-state index >= 15 is 0 Å². The second kappa shape index (κ2) is 7.30. The fourth-order valence-electron chi connectivity index (χ4n) is 3.03. The molecule has 0 bridgehead atoms. The number of carbonyl (C=O) groups excluding carboxylic acids is 1. The summed E-state index contributed by atoms with van der Waals surface area (Å²) in [5.41, 5.74) is 4.17.